The quantitative estimate of drug-likeness (QED) is 0.407. The van der Waals surface area contributed by atoms with Crippen LogP contribution in [-0.4, -0.2) is 35.5 Å². The third-order valence-corrected chi connectivity index (χ3v) is 5.29. The summed E-state index contributed by atoms with van der Waals surface area (Å²) in [5, 5.41) is 2.60. The van der Waals surface area contributed by atoms with E-state index in [1.165, 1.54) is 67.7 Å². The van der Waals surface area contributed by atoms with E-state index in [2.05, 4.69) is 10.3 Å². The Morgan fingerprint density at radius 2 is 1.66 bits per heavy atom. The molecule has 4 rings (SSSR count). The van der Waals surface area contributed by atoms with E-state index >= 15 is 0 Å². The molecule has 4 aromatic rings. The smallest absolute Gasteiger partial charge is 0.244 e. The topological polar surface area (TPSA) is 99.5 Å². The molecular weight excluding hydrogens is 460 g/mol. The number of rotatable bonds is 7. The lowest BCUT2D eigenvalue weighted by Gasteiger charge is -2.16. The van der Waals surface area contributed by atoms with Crippen LogP contribution in [0.25, 0.3) is 10.9 Å². The molecule has 10 heteroatoms. The van der Waals surface area contributed by atoms with Gasteiger partial charge in [-0.25, -0.2) is 8.78 Å². The zero-order valence-electron chi connectivity index (χ0n) is 18.7. The van der Waals surface area contributed by atoms with E-state index in [9.17, 15) is 23.2 Å². The first-order valence-corrected chi connectivity index (χ1v) is 10.3. The van der Waals surface area contributed by atoms with Crippen molar-refractivity contribution < 1.29 is 27.8 Å². The molecule has 0 aliphatic carbocycles. The van der Waals surface area contributed by atoms with Gasteiger partial charge < -0.3 is 19.4 Å². The Morgan fingerprint density at radius 3 is 2.31 bits per heavy atom. The van der Waals surface area contributed by atoms with Gasteiger partial charge in [-0.2, -0.15) is 0 Å². The van der Waals surface area contributed by atoms with Crippen LogP contribution in [0.1, 0.15) is 15.9 Å². The summed E-state index contributed by atoms with van der Waals surface area (Å²) >= 11 is 0. The van der Waals surface area contributed by atoms with E-state index in [1.54, 1.807) is 0 Å². The lowest BCUT2D eigenvalue weighted by molar-refractivity contribution is -0.116. The van der Waals surface area contributed by atoms with Gasteiger partial charge in [0.05, 0.1) is 30.7 Å². The number of halogens is 2. The van der Waals surface area contributed by atoms with Crippen molar-refractivity contribution in [1.82, 2.24) is 9.55 Å². The van der Waals surface area contributed by atoms with E-state index < -0.39 is 28.8 Å². The highest BCUT2D eigenvalue weighted by Crippen LogP contribution is 2.31. The molecule has 35 heavy (non-hydrogen) atoms. The Morgan fingerprint density at radius 1 is 0.971 bits per heavy atom. The van der Waals surface area contributed by atoms with E-state index in [0.29, 0.717) is 11.3 Å². The molecule has 0 bridgehead atoms. The number of ketones is 1. The highest BCUT2D eigenvalue weighted by molar-refractivity contribution is 6.10. The van der Waals surface area contributed by atoms with Gasteiger partial charge in [0, 0.05) is 42.0 Å². The largest absolute Gasteiger partial charge is 0.493 e. The molecule has 0 aliphatic heterocycles. The summed E-state index contributed by atoms with van der Waals surface area (Å²) in [7, 11) is 2.83. The van der Waals surface area contributed by atoms with E-state index in [4.69, 9.17) is 9.47 Å². The number of benzene rings is 2. The number of hydrogen-bond acceptors (Lipinski definition) is 6. The van der Waals surface area contributed by atoms with Gasteiger partial charge in [-0.1, -0.05) is 0 Å². The summed E-state index contributed by atoms with van der Waals surface area (Å²) in [6.07, 6.45) is 4.14. The second-order valence-corrected chi connectivity index (χ2v) is 7.47. The van der Waals surface area contributed by atoms with E-state index in [-0.39, 0.29) is 34.5 Å². The number of anilines is 1. The highest BCUT2D eigenvalue weighted by Gasteiger charge is 2.20. The number of hydrogen-bond donors (Lipinski definition) is 1. The number of nitrogens with one attached hydrogen (secondary N) is 1. The van der Waals surface area contributed by atoms with Crippen LogP contribution >= 0.6 is 0 Å². The summed E-state index contributed by atoms with van der Waals surface area (Å²) in [6, 6.07) is 8.85. The van der Waals surface area contributed by atoms with E-state index in [1.807, 2.05) is 0 Å². The Hall–Kier alpha value is -4.60. The van der Waals surface area contributed by atoms with Crippen LogP contribution in [0.15, 0.2) is 65.8 Å². The van der Waals surface area contributed by atoms with Crippen LogP contribution in [0.3, 0.4) is 0 Å². The second kappa shape index (κ2) is 9.72. The number of methoxy groups -OCH3 is 2. The Kier molecular flexibility index (Phi) is 6.54. The standard InChI is InChI=1S/C25H19F2N3O5/c1-34-21-10-16-20(11-22(21)35-2)30(13-23(31)29-15-3-4-18(26)19(27)9-15)12-17(25(16)33)24(32)14-5-7-28-8-6-14/h3-12H,13H2,1-2H3,(H,29,31). The van der Waals surface area contributed by atoms with Crippen molar-refractivity contribution in [2.24, 2.45) is 0 Å². The van der Waals surface area contributed by atoms with Crippen molar-refractivity contribution in [3.05, 3.63) is 94.0 Å². The molecule has 2 aromatic heterocycles. The summed E-state index contributed by atoms with van der Waals surface area (Å²) in [5.74, 6) is -2.74. The molecular formula is C25H19F2N3O5. The molecule has 0 saturated carbocycles. The third-order valence-electron chi connectivity index (χ3n) is 5.29. The molecule has 1 N–H and O–H groups in total. The lowest BCUT2D eigenvalue weighted by Crippen LogP contribution is -2.24. The fourth-order valence-corrected chi connectivity index (χ4v) is 3.60. The average molecular weight is 479 g/mol. The van der Waals surface area contributed by atoms with Crippen LogP contribution in [-0.2, 0) is 11.3 Å². The van der Waals surface area contributed by atoms with Gasteiger partial charge in [0.1, 0.15) is 6.54 Å². The first kappa shape index (κ1) is 23.6. The van der Waals surface area contributed by atoms with Crippen molar-refractivity contribution in [2.75, 3.05) is 19.5 Å². The van der Waals surface area contributed by atoms with Gasteiger partial charge in [0.15, 0.2) is 28.9 Å². The minimum absolute atomic E-state index is 0.0478. The number of nitrogens with zero attached hydrogens (tertiary/aromatic N) is 2. The van der Waals surface area contributed by atoms with Gasteiger partial charge in [-0.3, -0.25) is 19.4 Å². The Labute approximate surface area is 197 Å². The fraction of sp³-hybridized carbons (Fsp3) is 0.120. The predicted molar refractivity (Wildman–Crippen MR) is 124 cm³/mol. The summed E-state index contributed by atoms with van der Waals surface area (Å²) in [4.78, 5) is 43.0. The predicted octanol–water partition coefficient (Wildman–Crippen LogP) is 3.56. The normalized spacial score (nSPS) is 10.7. The second-order valence-electron chi connectivity index (χ2n) is 7.47. The Bertz CT molecular complexity index is 1500. The van der Waals surface area contributed by atoms with Crippen molar-refractivity contribution in [2.45, 2.75) is 6.54 Å². The monoisotopic (exact) mass is 479 g/mol. The fourth-order valence-electron chi connectivity index (χ4n) is 3.60. The van der Waals surface area contributed by atoms with Gasteiger partial charge in [0.2, 0.25) is 11.3 Å². The number of carbonyl (C=O) groups excluding carboxylic acids is 2. The third kappa shape index (κ3) is 4.72. The maximum absolute atomic E-state index is 13.5. The minimum atomic E-state index is -1.11. The number of amides is 1. The summed E-state index contributed by atoms with van der Waals surface area (Å²) in [6.45, 7) is -0.345. The molecule has 0 radical (unpaired) electrons. The lowest BCUT2D eigenvalue weighted by atomic mass is 10.0. The van der Waals surface area contributed by atoms with E-state index in [0.717, 1.165) is 12.1 Å². The molecule has 178 valence electrons. The molecule has 0 saturated heterocycles. The van der Waals surface area contributed by atoms with Crippen LogP contribution < -0.4 is 20.2 Å². The minimum Gasteiger partial charge on any atom is -0.493 e. The molecule has 0 atom stereocenters. The van der Waals surface area contributed by atoms with Gasteiger partial charge in [-0.05, 0) is 30.3 Å². The van der Waals surface area contributed by atoms with Crippen molar-refractivity contribution in [3.63, 3.8) is 0 Å². The maximum atomic E-state index is 13.5. The van der Waals surface area contributed by atoms with Gasteiger partial charge in [0.25, 0.3) is 0 Å². The van der Waals surface area contributed by atoms with Crippen molar-refractivity contribution in [3.8, 4) is 11.5 Å². The first-order valence-electron chi connectivity index (χ1n) is 10.3. The molecule has 2 heterocycles. The molecule has 2 aromatic carbocycles. The van der Waals surface area contributed by atoms with Crippen LogP contribution in [0, 0.1) is 11.6 Å². The first-order chi connectivity index (χ1) is 16.8. The SMILES string of the molecule is COc1cc2c(=O)c(C(=O)c3ccncc3)cn(CC(=O)Nc3ccc(F)c(F)c3)c2cc1OC. The van der Waals surface area contributed by atoms with Gasteiger partial charge >= 0.3 is 0 Å². The van der Waals surface area contributed by atoms with Crippen LogP contribution in [0.5, 0.6) is 11.5 Å². The number of carbonyl (C=O) groups is 2. The number of aromatic nitrogens is 2. The molecule has 0 unspecified atom stereocenters. The zero-order chi connectivity index (χ0) is 25.1. The molecule has 0 aliphatic rings. The molecule has 0 fully saturated rings. The highest BCUT2D eigenvalue weighted by atomic mass is 19.2. The number of pyridine rings is 2. The number of ether oxygens (including phenoxy) is 2. The molecule has 1 amide bonds. The van der Waals surface area contributed by atoms with Crippen molar-refractivity contribution >= 4 is 28.3 Å². The van der Waals surface area contributed by atoms with Gasteiger partial charge in [-0.15, -0.1) is 0 Å². The average Bonchev–Trinajstić information content (AvgIpc) is 2.87. The summed E-state index contributed by atoms with van der Waals surface area (Å²) < 4.78 is 38.8. The zero-order valence-corrected chi connectivity index (χ0v) is 18.7. The maximum Gasteiger partial charge on any atom is 0.244 e. The van der Waals surface area contributed by atoms with Crippen molar-refractivity contribution in [1.29, 1.82) is 0 Å². The Balaban J connectivity index is 1.82. The summed E-state index contributed by atoms with van der Waals surface area (Å²) in [5.41, 5.74) is -0.128. The molecule has 0 spiro atoms. The van der Waals surface area contributed by atoms with Crippen LogP contribution in [0.2, 0.25) is 0 Å². The molecule has 8 nitrogen and oxygen atoms in total. The van der Waals surface area contributed by atoms with Crippen LogP contribution in [0.4, 0.5) is 14.5 Å². The number of fused-ring (bicyclic) bond motifs is 1.